The highest BCUT2D eigenvalue weighted by molar-refractivity contribution is 8.00. The number of carboxylic acids is 1. The van der Waals surface area contributed by atoms with Gasteiger partial charge in [0.1, 0.15) is 17.1 Å². The van der Waals surface area contributed by atoms with Crippen molar-refractivity contribution in [1.29, 1.82) is 0 Å². The molecule has 3 N–H and O–H groups in total. The van der Waals surface area contributed by atoms with Gasteiger partial charge in [-0.3, -0.25) is 14.5 Å². The molecule has 1 saturated heterocycles. The number of carbonyl (C=O) groups excluding carboxylic acids is 2. The number of carbonyl (C=O) groups is 4. The number of oxime groups is 1. The van der Waals surface area contributed by atoms with Crippen molar-refractivity contribution >= 4 is 52.7 Å². The number of nitrogens with zero attached hydrogens (tertiary/aromatic N) is 3. The summed E-state index contributed by atoms with van der Waals surface area (Å²) in [4.78, 5) is 56.4. The summed E-state index contributed by atoms with van der Waals surface area (Å²) >= 11 is 2.41. The Labute approximate surface area is 176 Å². The second kappa shape index (κ2) is 9.00. The van der Waals surface area contributed by atoms with E-state index in [4.69, 9.17) is 14.9 Å². The van der Waals surface area contributed by atoms with Gasteiger partial charge in [0.05, 0.1) is 18.4 Å². The van der Waals surface area contributed by atoms with E-state index in [-0.39, 0.29) is 28.8 Å². The van der Waals surface area contributed by atoms with Crippen LogP contribution in [0, 0.1) is 0 Å². The molecule has 1 fully saturated rings. The monoisotopic (exact) mass is 458 g/mol. The summed E-state index contributed by atoms with van der Waals surface area (Å²) < 4.78 is 9.75. The minimum absolute atomic E-state index is 0.138. The van der Waals surface area contributed by atoms with Crippen LogP contribution in [0.5, 0.6) is 0 Å². The summed E-state index contributed by atoms with van der Waals surface area (Å²) in [7, 11) is 1.32. The van der Waals surface area contributed by atoms with Crippen molar-refractivity contribution in [2.45, 2.75) is 11.4 Å². The second-order valence-electron chi connectivity index (χ2n) is 5.64. The Hall–Kier alpha value is -3.33. The lowest BCUT2D eigenvalue weighted by Crippen LogP contribution is -2.70. The van der Waals surface area contributed by atoms with Crippen LogP contribution in [-0.4, -0.2) is 80.6 Å². The molecule has 0 radical (unpaired) electrons. The molecule has 2 atom stereocenters. The molecule has 1 aromatic heterocycles. The summed E-state index contributed by atoms with van der Waals surface area (Å²) in [5.74, 6) is -2.57. The molecule has 30 heavy (non-hydrogen) atoms. The lowest BCUT2D eigenvalue weighted by Gasteiger charge is -2.48. The van der Waals surface area contributed by atoms with Crippen LogP contribution in [0.3, 0.4) is 0 Å². The van der Waals surface area contributed by atoms with Crippen molar-refractivity contribution in [3.05, 3.63) is 28.2 Å². The van der Waals surface area contributed by atoms with Gasteiger partial charge in [-0.2, -0.15) is 0 Å². The zero-order chi connectivity index (χ0) is 21.8. The number of β-lactam (4-membered cyclic amide) rings is 1. The molecule has 2 amide bonds. The van der Waals surface area contributed by atoms with Crippen LogP contribution < -0.4 is 5.32 Å². The molecule has 13 nitrogen and oxygen atoms in total. The fourth-order valence-corrected chi connectivity index (χ4v) is 4.40. The number of hydrogen-bond acceptors (Lipinski definition) is 11. The molecule has 0 spiro atoms. The Bertz CT molecular complexity index is 931. The third-order valence-corrected chi connectivity index (χ3v) is 5.68. The number of nitrogens with one attached hydrogen (secondary N) is 1. The molecular formula is C15H14N4O9S2. The van der Waals surface area contributed by atoms with Gasteiger partial charge < -0.3 is 29.8 Å². The maximum atomic E-state index is 12.7. The van der Waals surface area contributed by atoms with Crippen molar-refractivity contribution in [1.82, 2.24) is 15.2 Å². The third-order valence-electron chi connectivity index (χ3n) is 3.84. The molecule has 2 aliphatic rings. The predicted molar refractivity (Wildman–Crippen MR) is 100 cm³/mol. The van der Waals surface area contributed by atoms with Crippen molar-refractivity contribution in [2.24, 2.45) is 5.16 Å². The molecule has 0 aromatic carbocycles. The fourth-order valence-electron chi connectivity index (χ4n) is 2.57. The highest BCUT2D eigenvalue weighted by Crippen LogP contribution is 2.40. The topological polar surface area (TPSA) is 177 Å². The Morgan fingerprint density at radius 3 is 2.77 bits per heavy atom. The lowest BCUT2D eigenvalue weighted by atomic mass is 10.1. The first-order chi connectivity index (χ1) is 14.3. The van der Waals surface area contributed by atoms with E-state index < -0.39 is 42.0 Å². The van der Waals surface area contributed by atoms with E-state index in [9.17, 15) is 19.2 Å². The molecule has 3 heterocycles. The standard InChI is InChI=1S/C15H14N4O9S2/c1-26-7-4-30-14-10(12(23)19(14)13(7)28-15(24)25)17-11(22)9(6-3-29-5-16-6)18-27-2-8(20)21/h3,5,10,14H,2,4H2,1H3,(H,17,22)(H,20,21)(H,24,25)/t10?,14-/m0/s1. The van der Waals surface area contributed by atoms with Crippen LogP contribution in [0.4, 0.5) is 4.79 Å². The van der Waals surface area contributed by atoms with Crippen LogP contribution in [-0.2, 0) is 28.7 Å². The molecule has 160 valence electrons. The average molecular weight is 458 g/mol. The zero-order valence-corrected chi connectivity index (χ0v) is 16.8. The number of aliphatic carboxylic acids is 1. The van der Waals surface area contributed by atoms with E-state index in [2.05, 4.69) is 25.0 Å². The van der Waals surface area contributed by atoms with Crippen LogP contribution in [0.15, 0.2) is 27.7 Å². The maximum absolute atomic E-state index is 12.7. The number of thiazole rings is 1. The molecule has 2 aliphatic heterocycles. The minimum atomic E-state index is -1.61. The molecule has 0 bridgehead atoms. The van der Waals surface area contributed by atoms with E-state index >= 15 is 0 Å². The molecule has 3 rings (SSSR count). The smallest absolute Gasteiger partial charge is 0.495 e. The van der Waals surface area contributed by atoms with Gasteiger partial charge >= 0.3 is 12.1 Å². The first-order valence-electron chi connectivity index (χ1n) is 8.07. The zero-order valence-electron chi connectivity index (χ0n) is 15.1. The second-order valence-corrected chi connectivity index (χ2v) is 7.47. The quantitative estimate of drug-likeness (QED) is 0.204. The van der Waals surface area contributed by atoms with Gasteiger partial charge in [-0.15, -0.1) is 23.1 Å². The Kier molecular flexibility index (Phi) is 6.41. The predicted octanol–water partition coefficient (Wildman–Crippen LogP) is -0.142. The Morgan fingerprint density at radius 2 is 2.17 bits per heavy atom. The highest BCUT2D eigenvalue weighted by Gasteiger charge is 2.55. The van der Waals surface area contributed by atoms with Crippen LogP contribution in [0.25, 0.3) is 0 Å². The van der Waals surface area contributed by atoms with Gasteiger partial charge in [-0.25, -0.2) is 14.6 Å². The number of fused-ring (bicyclic) bond motifs is 1. The first kappa shape index (κ1) is 21.4. The van der Waals surface area contributed by atoms with Crippen molar-refractivity contribution < 1.29 is 43.7 Å². The number of methoxy groups -OCH3 is 1. The number of hydrogen-bond donors (Lipinski definition) is 3. The SMILES string of the molecule is COC1=C(OC(=O)O)N2C(=O)C(NC(=O)C(=NOCC(=O)O)c3cscn3)[C@@H]2SC1. The summed E-state index contributed by atoms with van der Waals surface area (Å²) in [6.45, 7) is -0.768. The summed E-state index contributed by atoms with van der Waals surface area (Å²) in [5.41, 5.74) is 1.27. The summed E-state index contributed by atoms with van der Waals surface area (Å²) in [5, 5.41) is 24.4. The molecule has 0 aliphatic carbocycles. The number of ether oxygens (including phenoxy) is 2. The normalized spacial score (nSPS) is 20.8. The number of amides is 2. The molecule has 1 unspecified atom stereocenters. The van der Waals surface area contributed by atoms with Gasteiger partial charge in [0.15, 0.2) is 11.5 Å². The number of rotatable bonds is 8. The number of thioether (sulfide) groups is 1. The number of aromatic nitrogens is 1. The first-order valence-corrected chi connectivity index (χ1v) is 10.1. The Morgan fingerprint density at radius 1 is 1.40 bits per heavy atom. The average Bonchev–Trinajstić information content (AvgIpc) is 3.22. The van der Waals surface area contributed by atoms with Gasteiger partial charge in [0.25, 0.3) is 11.8 Å². The van der Waals surface area contributed by atoms with E-state index in [1.54, 1.807) is 0 Å². The van der Waals surface area contributed by atoms with Crippen molar-refractivity contribution in [3.63, 3.8) is 0 Å². The molecule has 0 saturated carbocycles. The largest absolute Gasteiger partial charge is 0.512 e. The van der Waals surface area contributed by atoms with Crippen LogP contribution in [0.1, 0.15) is 5.69 Å². The summed E-state index contributed by atoms with van der Waals surface area (Å²) in [6.07, 6.45) is -1.61. The fraction of sp³-hybridized carbons (Fsp3) is 0.333. The molecular weight excluding hydrogens is 444 g/mol. The van der Waals surface area contributed by atoms with E-state index in [1.165, 1.54) is 41.1 Å². The minimum Gasteiger partial charge on any atom is -0.495 e. The third kappa shape index (κ3) is 4.30. The Balaban J connectivity index is 1.75. The van der Waals surface area contributed by atoms with Crippen molar-refractivity contribution in [2.75, 3.05) is 19.5 Å². The molecule has 1 aromatic rings. The maximum Gasteiger partial charge on any atom is 0.512 e. The van der Waals surface area contributed by atoms with E-state index in [1.807, 2.05) is 0 Å². The lowest BCUT2D eigenvalue weighted by molar-refractivity contribution is -0.148. The van der Waals surface area contributed by atoms with Crippen molar-refractivity contribution in [3.8, 4) is 0 Å². The van der Waals surface area contributed by atoms with Crippen LogP contribution >= 0.6 is 23.1 Å². The van der Waals surface area contributed by atoms with Gasteiger partial charge in [0, 0.05) is 5.38 Å². The number of carboxylic acid groups (broad SMARTS) is 2. The summed E-state index contributed by atoms with van der Waals surface area (Å²) in [6, 6.07) is -1.00. The highest BCUT2D eigenvalue weighted by atomic mass is 32.2. The van der Waals surface area contributed by atoms with E-state index in [0.717, 1.165) is 4.90 Å². The van der Waals surface area contributed by atoms with Gasteiger partial charge in [0.2, 0.25) is 12.5 Å². The molecule has 15 heteroatoms. The van der Waals surface area contributed by atoms with Crippen LogP contribution in [0.2, 0.25) is 0 Å². The van der Waals surface area contributed by atoms with Gasteiger partial charge in [-0.05, 0) is 0 Å². The van der Waals surface area contributed by atoms with E-state index in [0.29, 0.717) is 0 Å². The van der Waals surface area contributed by atoms with Gasteiger partial charge in [-0.1, -0.05) is 5.16 Å².